The Labute approximate surface area is 93.1 Å². The molecule has 86 valence electrons. The van der Waals surface area contributed by atoms with Crippen LogP contribution < -0.4 is 10.2 Å². The summed E-state index contributed by atoms with van der Waals surface area (Å²) in [5.74, 6) is -0.678. The van der Waals surface area contributed by atoms with Gasteiger partial charge in [0.05, 0.1) is 6.54 Å². The van der Waals surface area contributed by atoms with Crippen molar-refractivity contribution in [1.29, 1.82) is 0 Å². The molecule has 0 atom stereocenters. The number of carbonyl (C=O) groups excluding carboxylic acids is 2. The molecule has 0 spiro atoms. The maximum atomic E-state index is 13.1. The molecule has 0 heterocycles. The molecule has 1 rings (SSSR count). The molecule has 0 saturated heterocycles. The fourth-order valence-electron chi connectivity index (χ4n) is 1.27. The molecule has 0 unspecified atom stereocenters. The second kappa shape index (κ2) is 5.25. The van der Waals surface area contributed by atoms with Gasteiger partial charge in [-0.3, -0.25) is 9.59 Å². The Morgan fingerprint density at radius 1 is 1.50 bits per heavy atom. The summed E-state index contributed by atoms with van der Waals surface area (Å²) < 4.78 is 13.1. The van der Waals surface area contributed by atoms with Crippen LogP contribution in [0, 0.1) is 5.82 Å². The van der Waals surface area contributed by atoms with E-state index in [-0.39, 0.29) is 18.0 Å². The number of rotatable bonds is 4. The van der Waals surface area contributed by atoms with Gasteiger partial charge in [-0.15, -0.1) is 0 Å². The van der Waals surface area contributed by atoms with Crippen LogP contribution in [0.5, 0.6) is 0 Å². The van der Waals surface area contributed by atoms with Gasteiger partial charge in [-0.25, -0.2) is 4.39 Å². The van der Waals surface area contributed by atoms with E-state index in [1.807, 2.05) is 0 Å². The highest BCUT2D eigenvalue weighted by Crippen LogP contribution is 2.16. The van der Waals surface area contributed by atoms with E-state index in [1.54, 1.807) is 11.9 Å². The van der Waals surface area contributed by atoms with Crippen molar-refractivity contribution in [2.45, 2.75) is 0 Å². The van der Waals surface area contributed by atoms with Crippen molar-refractivity contribution in [3.05, 3.63) is 29.6 Å². The average molecular weight is 224 g/mol. The zero-order valence-corrected chi connectivity index (χ0v) is 9.16. The SMILES string of the molecule is CNC(=O)CN(C)c1cc(F)cc(C=O)c1. The van der Waals surface area contributed by atoms with Gasteiger partial charge in [-0.1, -0.05) is 0 Å². The first-order chi connectivity index (χ1) is 7.56. The van der Waals surface area contributed by atoms with Crippen LogP contribution in [0.15, 0.2) is 18.2 Å². The fourth-order valence-corrected chi connectivity index (χ4v) is 1.27. The molecule has 1 amide bonds. The summed E-state index contributed by atoms with van der Waals surface area (Å²) in [4.78, 5) is 23.2. The molecule has 0 aromatic heterocycles. The number of amides is 1. The van der Waals surface area contributed by atoms with Gasteiger partial charge in [0.25, 0.3) is 0 Å². The van der Waals surface area contributed by atoms with Gasteiger partial charge < -0.3 is 10.2 Å². The monoisotopic (exact) mass is 224 g/mol. The largest absolute Gasteiger partial charge is 0.365 e. The summed E-state index contributed by atoms with van der Waals surface area (Å²) in [5.41, 5.74) is 0.740. The van der Waals surface area contributed by atoms with Crippen molar-refractivity contribution in [3.63, 3.8) is 0 Å². The van der Waals surface area contributed by atoms with E-state index >= 15 is 0 Å². The Kier molecular flexibility index (Phi) is 3.99. The highest BCUT2D eigenvalue weighted by molar-refractivity contribution is 5.82. The van der Waals surface area contributed by atoms with Crippen molar-refractivity contribution in [2.24, 2.45) is 0 Å². The Morgan fingerprint density at radius 2 is 2.19 bits per heavy atom. The van der Waals surface area contributed by atoms with E-state index in [4.69, 9.17) is 0 Å². The minimum Gasteiger partial charge on any atom is -0.365 e. The number of nitrogens with zero attached hydrogens (tertiary/aromatic N) is 1. The summed E-state index contributed by atoms with van der Waals surface area (Å²) in [6.45, 7) is 0.109. The van der Waals surface area contributed by atoms with Crippen LogP contribution >= 0.6 is 0 Å². The zero-order valence-electron chi connectivity index (χ0n) is 9.16. The van der Waals surface area contributed by atoms with Crippen LogP contribution in [0.2, 0.25) is 0 Å². The highest BCUT2D eigenvalue weighted by atomic mass is 19.1. The zero-order chi connectivity index (χ0) is 12.1. The Hall–Kier alpha value is -1.91. The molecule has 0 aliphatic heterocycles. The van der Waals surface area contributed by atoms with E-state index in [2.05, 4.69) is 5.32 Å². The van der Waals surface area contributed by atoms with Gasteiger partial charge in [-0.2, -0.15) is 0 Å². The number of benzene rings is 1. The first-order valence-corrected chi connectivity index (χ1v) is 4.74. The normalized spacial score (nSPS) is 9.69. The van der Waals surface area contributed by atoms with Gasteiger partial charge in [0, 0.05) is 25.3 Å². The summed E-state index contributed by atoms with van der Waals surface area (Å²) in [7, 11) is 3.18. The van der Waals surface area contributed by atoms with Gasteiger partial charge in [0.15, 0.2) is 0 Å². The van der Waals surface area contributed by atoms with Crippen molar-refractivity contribution < 1.29 is 14.0 Å². The molecular formula is C11H13FN2O2. The number of aldehydes is 1. The molecule has 0 aliphatic carbocycles. The Morgan fingerprint density at radius 3 is 2.75 bits per heavy atom. The molecule has 0 fully saturated rings. The van der Waals surface area contributed by atoms with Crippen LogP contribution in [0.4, 0.5) is 10.1 Å². The van der Waals surface area contributed by atoms with E-state index in [9.17, 15) is 14.0 Å². The summed E-state index contributed by atoms with van der Waals surface area (Å²) in [6.07, 6.45) is 0.570. The van der Waals surface area contributed by atoms with Gasteiger partial charge in [0.2, 0.25) is 5.91 Å². The minimum atomic E-state index is -0.497. The smallest absolute Gasteiger partial charge is 0.239 e. The molecule has 0 aliphatic rings. The van der Waals surface area contributed by atoms with E-state index in [0.29, 0.717) is 12.0 Å². The maximum Gasteiger partial charge on any atom is 0.239 e. The molecule has 1 aromatic rings. The molecule has 1 aromatic carbocycles. The second-order valence-electron chi connectivity index (χ2n) is 3.39. The predicted molar refractivity (Wildman–Crippen MR) is 59.1 cm³/mol. The van der Waals surface area contributed by atoms with Crippen LogP contribution in [-0.4, -0.2) is 32.8 Å². The van der Waals surface area contributed by atoms with E-state index in [1.165, 1.54) is 19.2 Å². The first kappa shape index (κ1) is 12.2. The highest BCUT2D eigenvalue weighted by Gasteiger charge is 2.08. The molecule has 0 radical (unpaired) electrons. The van der Waals surface area contributed by atoms with Crippen LogP contribution in [0.3, 0.4) is 0 Å². The van der Waals surface area contributed by atoms with Crippen molar-refractivity contribution >= 4 is 17.9 Å². The van der Waals surface area contributed by atoms with Crippen molar-refractivity contribution in [2.75, 3.05) is 25.5 Å². The third-order valence-corrected chi connectivity index (χ3v) is 2.14. The minimum absolute atomic E-state index is 0.109. The number of anilines is 1. The lowest BCUT2D eigenvalue weighted by molar-refractivity contribution is -0.119. The number of likely N-dealkylation sites (N-methyl/N-ethyl adjacent to an activating group) is 2. The van der Waals surface area contributed by atoms with Gasteiger partial charge >= 0.3 is 0 Å². The summed E-state index contributed by atoms with van der Waals surface area (Å²) in [5, 5.41) is 2.46. The predicted octanol–water partition coefficient (Wildman–Crippen LogP) is 0.820. The number of hydrogen-bond acceptors (Lipinski definition) is 3. The lowest BCUT2D eigenvalue weighted by atomic mass is 10.2. The number of halogens is 1. The summed E-state index contributed by atoms with van der Waals surface area (Å²) >= 11 is 0. The van der Waals surface area contributed by atoms with E-state index < -0.39 is 5.82 Å². The quantitative estimate of drug-likeness (QED) is 0.770. The number of carbonyl (C=O) groups is 2. The van der Waals surface area contributed by atoms with Crippen LogP contribution in [0.25, 0.3) is 0 Å². The van der Waals surface area contributed by atoms with E-state index in [0.717, 1.165) is 6.07 Å². The summed E-state index contributed by atoms with van der Waals surface area (Å²) in [6, 6.07) is 3.94. The van der Waals surface area contributed by atoms with Gasteiger partial charge in [-0.05, 0) is 18.2 Å². The molecule has 0 bridgehead atoms. The molecule has 4 nitrogen and oxygen atoms in total. The van der Waals surface area contributed by atoms with Crippen molar-refractivity contribution in [1.82, 2.24) is 5.32 Å². The maximum absolute atomic E-state index is 13.1. The Balaban J connectivity index is 2.90. The number of hydrogen-bond donors (Lipinski definition) is 1. The molecule has 0 saturated carbocycles. The van der Waals surface area contributed by atoms with Crippen LogP contribution in [0.1, 0.15) is 10.4 Å². The molecule has 5 heteroatoms. The molecule has 1 N–H and O–H groups in total. The topological polar surface area (TPSA) is 49.4 Å². The lowest BCUT2D eigenvalue weighted by Crippen LogP contribution is -2.33. The Bertz CT molecular complexity index is 407. The molecular weight excluding hydrogens is 211 g/mol. The standard InChI is InChI=1S/C11H13FN2O2/c1-13-11(16)6-14(2)10-4-8(7-15)3-9(12)5-10/h3-5,7H,6H2,1-2H3,(H,13,16). The molecule has 16 heavy (non-hydrogen) atoms. The lowest BCUT2D eigenvalue weighted by Gasteiger charge is -2.18. The first-order valence-electron chi connectivity index (χ1n) is 4.74. The fraction of sp³-hybridized carbons (Fsp3) is 0.273. The number of nitrogens with one attached hydrogen (secondary N) is 1. The van der Waals surface area contributed by atoms with Gasteiger partial charge in [0.1, 0.15) is 12.1 Å². The third kappa shape index (κ3) is 3.05. The van der Waals surface area contributed by atoms with Crippen molar-refractivity contribution in [3.8, 4) is 0 Å². The van der Waals surface area contributed by atoms with Crippen LogP contribution in [-0.2, 0) is 4.79 Å². The third-order valence-electron chi connectivity index (χ3n) is 2.14. The average Bonchev–Trinajstić information content (AvgIpc) is 2.27. The second-order valence-corrected chi connectivity index (χ2v) is 3.39.